The molecule has 1 aromatic heterocycles. The highest BCUT2D eigenvalue weighted by atomic mass is 16.2. The number of amides is 1. The number of hydrogen-bond donors (Lipinski definition) is 2. The first-order chi connectivity index (χ1) is 11.8. The molecule has 1 heterocycles. The van der Waals surface area contributed by atoms with Gasteiger partial charge < -0.3 is 11.1 Å². The number of nitrogens with two attached hydrogens (primary N) is 1. The van der Waals surface area contributed by atoms with Gasteiger partial charge in [-0.1, -0.05) is 53.7 Å². The molecule has 1 amide bonds. The van der Waals surface area contributed by atoms with Crippen LogP contribution in [-0.4, -0.2) is 27.4 Å². The van der Waals surface area contributed by atoms with Crippen molar-refractivity contribution in [3.8, 4) is 11.1 Å². The highest BCUT2D eigenvalue weighted by molar-refractivity contribution is 5.95. The fourth-order valence-corrected chi connectivity index (χ4v) is 2.48. The van der Waals surface area contributed by atoms with E-state index in [1.54, 1.807) is 6.20 Å². The van der Waals surface area contributed by atoms with Gasteiger partial charge in [0.15, 0.2) is 0 Å². The largest absolute Gasteiger partial charge is 0.330 e. The van der Waals surface area contributed by atoms with E-state index in [1.165, 1.54) is 4.68 Å². The first kappa shape index (κ1) is 15.9. The molecule has 0 spiro atoms. The Balaban J connectivity index is 1.72. The van der Waals surface area contributed by atoms with E-state index in [-0.39, 0.29) is 12.5 Å². The van der Waals surface area contributed by atoms with Crippen LogP contribution in [0.3, 0.4) is 0 Å². The number of nitrogens with zero attached hydrogens (tertiary/aromatic N) is 3. The van der Waals surface area contributed by atoms with Crippen molar-refractivity contribution in [3.05, 3.63) is 66.5 Å². The molecule has 0 unspecified atom stereocenters. The van der Waals surface area contributed by atoms with Gasteiger partial charge in [0, 0.05) is 23.9 Å². The number of carbonyl (C=O) groups excluding carboxylic acids is 1. The van der Waals surface area contributed by atoms with Crippen LogP contribution in [0, 0.1) is 0 Å². The molecule has 6 heteroatoms. The molecule has 0 radical (unpaired) electrons. The van der Waals surface area contributed by atoms with Crippen LogP contribution in [0.15, 0.2) is 60.8 Å². The molecule has 2 aromatic carbocycles. The van der Waals surface area contributed by atoms with Gasteiger partial charge >= 0.3 is 0 Å². The lowest BCUT2D eigenvalue weighted by Gasteiger charge is -2.11. The summed E-state index contributed by atoms with van der Waals surface area (Å²) in [5.41, 5.74) is 9.09. The third kappa shape index (κ3) is 3.85. The van der Waals surface area contributed by atoms with Crippen LogP contribution in [0.5, 0.6) is 0 Å². The molecule has 0 saturated carbocycles. The molecule has 3 rings (SSSR count). The Morgan fingerprint density at radius 2 is 1.83 bits per heavy atom. The molecule has 0 saturated heterocycles. The minimum Gasteiger partial charge on any atom is -0.330 e. The number of aromatic nitrogens is 3. The van der Waals surface area contributed by atoms with Gasteiger partial charge in [-0.15, -0.1) is 5.10 Å². The predicted octanol–water partition coefficient (Wildman–Crippen LogP) is 2.08. The Labute approximate surface area is 140 Å². The summed E-state index contributed by atoms with van der Waals surface area (Å²) in [5, 5.41) is 10.9. The van der Waals surface area contributed by atoms with Crippen molar-refractivity contribution in [2.75, 3.05) is 11.9 Å². The van der Waals surface area contributed by atoms with Crippen LogP contribution in [0.4, 0.5) is 5.69 Å². The van der Waals surface area contributed by atoms with Crippen molar-refractivity contribution >= 4 is 11.6 Å². The summed E-state index contributed by atoms with van der Waals surface area (Å²) in [6.07, 6.45) is 2.40. The molecule has 0 fully saturated rings. The summed E-state index contributed by atoms with van der Waals surface area (Å²) in [6, 6.07) is 17.7. The van der Waals surface area contributed by atoms with E-state index in [1.807, 2.05) is 54.6 Å². The average Bonchev–Trinajstić information content (AvgIpc) is 3.03. The van der Waals surface area contributed by atoms with E-state index >= 15 is 0 Å². The summed E-state index contributed by atoms with van der Waals surface area (Å²) in [6.45, 7) is 0.621. The molecule has 24 heavy (non-hydrogen) atoms. The van der Waals surface area contributed by atoms with Gasteiger partial charge in [0.25, 0.3) is 0 Å². The molecule has 0 bridgehead atoms. The lowest BCUT2D eigenvalue weighted by molar-refractivity contribution is -0.116. The van der Waals surface area contributed by atoms with Crippen molar-refractivity contribution in [3.63, 3.8) is 0 Å². The highest BCUT2D eigenvalue weighted by Gasteiger charge is 2.10. The number of nitrogens with one attached hydrogen (secondary N) is 1. The van der Waals surface area contributed by atoms with E-state index in [0.29, 0.717) is 13.0 Å². The van der Waals surface area contributed by atoms with Gasteiger partial charge in [0.05, 0.1) is 5.69 Å². The molecule has 6 nitrogen and oxygen atoms in total. The maximum absolute atomic E-state index is 12.3. The zero-order valence-corrected chi connectivity index (χ0v) is 13.2. The van der Waals surface area contributed by atoms with Gasteiger partial charge in [-0.2, -0.15) is 0 Å². The minimum absolute atomic E-state index is 0.112. The first-order valence-corrected chi connectivity index (χ1v) is 7.79. The first-order valence-electron chi connectivity index (χ1n) is 7.79. The number of carbonyl (C=O) groups is 1. The number of para-hydroxylation sites is 1. The Morgan fingerprint density at radius 3 is 2.62 bits per heavy atom. The van der Waals surface area contributed by atoms with E-state index in [9.17, 15) is 4.79 Å². The van der Waals surface area contributed by atoms with Crippen LogP contribution in [0.2, 0.25) is 0 Å². The van der Waals surface area contributed by atoms with Gasteiger partial charge in [0.2, 0.25) is 5.91 Å². The van der Waals surface area contributed by atoms with Crippen molar-refractivity contribution in [2.24, 2.45) is 5.73 Å². The molecule has 0 aliphatic carbocycles. The summed E-state index contributed by atoms with van der Waals surface area (Å²) < 4.78 is 1.52. The fraction of sp³-hybridized carbons (Fsp3) is 0.167. The third-order valence-corrected chi connectivity index (χ3v) is 3.58. The Bertz CT molecular complexity index is 813. The topological polar surface area (TPSA) is 85.8 Å². The Morgan fingerprint density at radius 1 is 1.08 bits per heavy atom. The number of rotatable bonds is 6. The molecule has 0 aliphatic rings. The molecule has 3 N–H and O–H groups in total. The SMILES string of the molecule is NCCc1cn(CC(=O)Nc2ccccc2-c2ccccc2)nn1. The summed E-state index contributed by atoms with van der Waals surface area (Å²) in [5.74, 6) is -0.150. The lowest BCUT2D eigenvalue weighted by atomic mass is 10.0. The zero-order valence-electron chi connectivity index (χ0n) is 13.2. The number of anilines is 1. The van der Waals surface area contributed by atoms with E-state index < -0.39 is 0 Å². The van der Waals surface area contributed by atoms with Crippen molar-refractivity contribution < 1.29 is 4.79 Å². The van der Waals surface area contributed by atoms with Gasteiger partial charge in [0.1, 0.15) is 6.54 Å². The maximum atomic E-state index is 12.3. The highest BCUT2D eigenvalue weighted by Crippen LogP contribution is 2.27. The Hall–Kier alpha value is -2.99. The van der Waals surface area contributed by atoms with E-state index in [0.717, 1.165) is 22.5 Å². The second-order valence-electron chi connectivity index (χ2n) is 5.41. The standard InChI is InChI=1S/C18H19N5O/c19-11-10-15-12-23(22-21-15)13-18(24)20-17-9-5-4-8-16(17)14-6-2-1-3-7-14/h1-9,12H,10-11,13,19H2,(H,20,24). The van der Waals surface area contributed by atoms with Crippen LogP contribution >= 0.6 is 0 Å². The minimum atomic E-state index is -0.150. The van der Waals surface area contributed by atoms with Gasteiger partial charge in [-0.05, 0) is 18.2 Å². The maximum Gasteiger partial charge on any atom is 0.246 e. The molecular formula is C18H19N5O. The summed E-state index contributed by atoms with van der Waals surface area (Å²) in [4.78, 5) is 12.3. The quantitative estimate of drug-likeness (QED) is 0.728. The van der Waals surface area contributed by atoms with E-state index in [4.69, 9.17) is 5.73 Å². The monoisotopic (exact) mass is 321 g/mol. The summed E-state index contributed by atoms with van der Waals surface area (Å²) in [7, 11) is 0. The average molecular weight is 321 g/mol. The van der Waals surface area contributed by atoms with Crippen LogP contribution < -0.4 is 11.1 Å². The fourth-order valence-electron chi connectivity index (χ4n) is 2.48. The zero-order chi connectivity index (χ0) is 16.8. The molecule has 0 aliphatic heterocycles. The van der Waals surface area contributed by atoms with Gasteiger partial charge in [-0.25, -0.2) is 4.68 Å². The van der Waals surface area contributed by atoms with Crippen LogP contribution in [0.25, 0.3) is 11.1 Å². The third-order valence-electron chi connectivity index (χ3n) is 3.58. The Kier molecular flexibility index (Phi) is 4.98. The summed E-state index contributed by atoms with van der Waals surface area (Å²) >= 11 is 0. The second kappa shape index (κ2) is 7.52. The van der Waals surface area contributed by atoms with Gasteiger partial charge in [-0.3, -0.25) is 4.79 Å². The predicted molar refractivity (Wildman–Crippen MR) is 93.3 cm³/mol. The normalized spacial score (nSPS) is 10.5. The molecule has 0 atom stereocenters. The second-order valence-corrected chi connectivity index (χ2v) is 5.41. The number of hydrogen-bond acceptors (Lipinski definition) is 4. The smallest absolute Gasteiger partial charge is 0.246 e. The number of benzene rings is 2. The van der Waals surface area contributed by atoms with Crippen molar-refractivity contribution in [1.29, 1.82) is 0 Å². The van der Waals surface area contributed by atoms with Crippen molar-refractivity contribution in [1.82, 2.24) is 15.0 Å². The molecule has 3 aromatic rings. The van der Waals surface area contributed by atoms with Crippen LogP contribution in [0.1, 0.15) is 5.69 Å². The van der Waals surface area contributed by atoms with Crippen LogP contribution in [-0.2, 0) is 17.8 Å². The molecule has 122 valence electrons. The van der Waals surface area contributed by atoms with E-state index in [2.05, 4.69) is 15.6 Å². The molecular weight excluding hydrogens is 302 g/mol. The lowest BCUT2D eigenvalue weighted by Crippen LogP contribution is -2.19. The van der Waals surface area contributed by atoms with Crippen molar-refractivity contribution in [2.45, 2.75) is 13.0 Å².